The van der Waals surface area contributed by atoms with Crippen LogP contribution in [0, 0.1) is 13.8 Å². The number of nitrogens with zero attached hydrogens (tertiary/aromatic N) is 3. The fourth-order valence-corrected chi connectivity index (χ4v) is 2.72. The van der Waals surface area contributed by atoms with Crippen molar-refractivity contribution in [1.82, 2.24) is 9.97 Å². The average Bonchev–Trinajstić information content (AvgIpc) is 2.67. The Labute approximate surface area is 158 Å². The van der Waals surface area contributed by atoms with Gasteiger partial charge >= 0.3 is 0 Å². The van der Waals surface area contributed by atoms with Gasteiger partial charge in [0.2, 0.25) is 5.95 Å². The van der Waals surface area contributed by atoms with E-state index < -0.39 is 0 Å². The number of hydrogen-bond donors (Lipinski definition) is 1. The summed E-state index contributed by atoms with van der Waals surface area (Å²) in [5, 5.41) is 3.16. The van der Waals surface area contributed by atoms with Gasteiger partial charge in [0.15, 0.2) is 0 Å². The van der Waals surface area contributed by atoms with Crippen LogP contribution in [0.1, 0.15) is 21.7 Å². The zero-order valence-corrected chi connectivity index (χ0v) is 15.9. The molecule has 0 aliphatic rings. The third kappa shape index (κ3) is 4.41. The van der Waals surface area contributed by atoms with Crippen molar-refractivity contribution in [2.45, 2.75) is 13.8 Å². The minimum atomic E-state index is -0.0885. The molecule has 0 aliphatic heterocycles. The summed E-state index contributed by atoms with van der Waals surface area (Å²) in [4.78, 5) is 23.0. The monoisotopic (exact) mass is 362 g/mol. The molecule has 0 aliphatic carbocycles. The van der Waals surface area contributed by atoms with E-state index in [0.29, 0.717) is 11.5 Å². The fourth-order valence-electron chi connectivity index (χ4n) is 2.72. The second kappa shape index (κ2) is 7.86. The molecule has 6 heteroatoms. The molecule has 1 heterocycles. The molecule has 1 N–H and O–H groups in total. The molecular weight excluding hydrogens is 340 g/mol. The molecule has 6 nitrogen and oxygen atoms in total. The second-order valence-electron chi connectivity index (χ2n) is 6.24. The Morgan fingerprint density at radius 3 is 2.11 bits per heavy atom. The van der Waals surface area contributed by atoms with Crippen LogP contribution < -0.4 is 15.0 Å². The average molecular weight is 362 g/mol. The van der Waals surface area contributed by atoms with E-state index in [1.54, 1.807) is 31.2 Å². The number of anilines is 3. The minimum Gasteiger partial charge on any atom is -0.497 e. The van der Waals surface area contributed by atoms with Gasteiger partial charge in [0.25, 0.3) is 5.91 Å². The first-order valence-corrected chi connectivity index (χ1v) is 8.58. The maximum Gasteiger partial charge on any atom is 0.258 e. The largest absolute Gasteiger partial charge is 0.497 e. The zero-order chi connectivity index (χ0) is 19.4. The number of aryl methyl sites for hydroxylation is 2. The minimum absolute atomic E-state index is 0.0885. The van der Waals surface area contributed by atoms with Gasteiger partial charge in [0, 0.05) is 35.4 Å². The van der Waals surface area contributed by atoms with Crippen molar-refractivity contribution in [3.63, 3.8) is 0 Å². The molecule has 0 radical (unpaired) electrons. The van der Waals surface area contributed by atoms with E-state index in [0.717, 1.165) is 28.5 Å². The van der Waals surface area contributed by atoms with E-state index in [4.69, 9.17) is 4.74 Å². The Morgan fingerprint density at radius 2 is 1.56 bits per heavy atom. The standard InChI is InChI=1S/C21H22N4O2/c1-14-13-15(2)23-21(22-14)24-17-7-5-16(6-8-17)20(26)25(3)18-9-11-19(27-4)12-10-18/h5-13H,1-4H3,(H,22,23,24). The molecule has 0 bridgehead atoms. The van der Waals surface area contributed by atoms with Crippen LogP contribution in [0.3, 0.4) is 0 Å². The second-order valence-corrected chi connectivity index (χ2v) is 6.24. The molecule has 0 spiro atoms. The first kappa shape index (κ1) is 18.4. The summed E-state index contributed by atoms with van der Waals surface area (Å²) in [5.41, 5.74) is 4.02. The third-order valence-corrected chi connectivity index (χ3v) is 4.13. The molecule has 1 aromatic heterocycles. The summed E-state index contributed by atoms with van der Waals surface area (Å²) in [6, 6.07) is 16.5. The number of benzene rings is 2. The lowest BCUT2D eigenvalue weighted by Crippen LogP contribution is -2.26. The van der Waals surface area contributed by atoms with Gasteiger partial charge in [-0.05, 0) is 68.4 Å². The fraction of sp³-hybridized carbons (Fsp3) is 0.190. The number of aromatic nitrogens is 2. The number of methoxy groups -OCH3 is 1. The highest BCUT2D eigenvalue weighted by Crippen LogP contribution is 2.21. The van der Waals surface area contributed by atoms with Crippen LogP contribution in [0.5, 0.6) is 5.75 Å². The zero-order valence-electron chi connectivity index (χ0n) is 15.9. The van der Waals surface area contributed by atoms with Crippen molar-refractivity contribution in [1.29, 1.82) is 0 Å². The first-order chi connectivity index (χ1) is 13.0. The molecule has 0 atom stereocenters. The van der Waals surface area contributed by atoms with E-state index in [-0.39, 0.29) is 5.91 Å². The molecule has 3 aromatic rings. The topological polar surface area (TPSA) is 67.3 Å². The Balaban J connectivity index is 1.72. The number of carbonyl (C=O) groups excluding carboxylic acids is 1. The van der Waals surface area contributed by atoms with Crippen molar-refractivity contribution in [2.24, 2.45) is 0 Å². The Morgan fingerprint density at radius 1 is 0.963 bits per heavy atom. The molecule has 3 rings (SSSR count). The molecular formula is C21H22N4O2. The maximum atomic E-state index is 12.7. The molecule has 0 saturated carbocycles. The van der Waals surface area contributed by atoms with Gasteiger partial charge in [-0.1, -0.05) is 0 Å². The molecule has 0 fully saturated rings. The highest BCUT2D eigenvalue weighted by molar-refractivity contribution is 6.05. The number of amides is 1. The van der Waals surface area contributed by atoms with Crippen molar-refractivity contribution in [3.05, 3.63) is 71.5 Å². The number of carbonyl (C=O) groups is 1. The van der Waals surface area contributed by atoms with Gasteiger partial charge in [-0.2, -0.15) is 0 Å². The van der Waals surface area contributed by atoms with Crippen molar-refractivity contribution in [3.8, 4) is 5.75 Å². The molecule has 0 saturated heterocycles. The Hall–Kier alpha value is -3.41. The molecule has 1 amide bonds. The van der Waals surface area contributed by atoms with Crippen LogP contribution in [0.4, 0.5) is 17.3 Å². The third-order valence-electron chi connectivity index (χ3n) is 4.13. The van der Waals surface area contributed by atoms with Gasteiger partial charge in [-0.25, -0.2) is 9.97 Å². The van der Waals surface area contributed by atoms with Gasteiger partial charge < -0.3 is 15.0 Å². The lowest BCUT2D eigenvalue weighted by Gasteiger charge is -2.18. The summed E-state index contributed by atoms with van der Waals surface area (Å²) < 4.78 is 5.15. The van der Waals surface area contributed by atoms with E-state index in [9.17, 15) is 4.79 Å². The summed E-state index contributed by atoms with van der Waals surface area (Å²) >= 11 is 0. The van der Waals surface area contributed by atoms with Gasteiger partial charge in [0.1, 0.15) is 5.75 Å². The van der Waals surface area contributed by atoms with E-state index >= 15 is 0 Å². The predicted molar refractivity (Wildman–Crippen MR) is 107 cm³/mol. The van der Waals surface area contributed by atoms with E-state index in [2.05, 4.69) is 15.3 Å². The van der Waals surface area contributed by atoms with Crippen LogP contribution >= 0.6 is 0 Å². The number of nitrogens with one attached hydrogen (secondary N) is 1. The molecule has 0 unspecified atom stereocenters. The van der Waals surface area contributed by atoms with E-state index in [1.807, 2.05) is 56.3 Å². The van der Waals surface area contributed by atoms with Crippen molar-refractivity contribution < 1.29 is 9.53 Å². The normalized spacial score (nSPS) is 10.4. The van der Waals surface area contributed by atoms with Crippen molar-refractivity contribution in [2.75, 3.05) is 24.4 Å². The van der Waals surface area contributed by atoms with Gasteiger partial charge in [-0.15, -0.1) is 0 Å². The highest BCUT2D eigenvalue weighted by atomic mass is 16.5. The van der Waals surface area contributed by atoms with Crippen LogP contribution in [-0.4, -0.2) is 30.0 Å². The van der Waals surface area contributed by atoms with Gasteiger partial charge in [-0.3, -0.25) is 4.79 Å². The Bertz CT molecular complexity index is 917. The number of hydrogen-bond acceptors (Lipinski definition) is 5. The van der Waals surface area contributed by atoms with Crippen molar-refractivity contribution >= 4 is 23.2 Å². The first-order valence-electron chi connectivity index (χ1n) is 8.58. The SMILES string of the molecule is COc1ccc(N(C)C(=O)c2ccc(Nc3nc(C)cc(C)n3)cc2)cc1. The number of rotatable bonds is 5. The van der Waals surface area contributed by atoms with E-state index in [1.165, 1.54) is 0 Å². The summed E-state index contributed by atoms with van der Waals surface area (Å²) in [7, 11) is 3.36. The quantitative estimate of drug-likeness (QED) is 0.739. The summed E-state index contributed by atoms with van der Waals surface area (Å²) in [6.07, 6.45) is 0. The lowest BCUT2D eigenvalue weighted by molar-refractivity contribution is 0.0993. The van der Waals surface area contributed by atoms with Gasteiger partial charge in [0.05, 0.1) is 7.11 Å². The molecule has 2 aromatic carbocycles. The molecule has 27 heavy (non-hydrogen) atoms. The molecule has 138 valence electrons. The van der Waals surface area contributed by atoms with Crippen LogP contribution in [0.2, 0.25) is 0 Å². The number of ether oxygens (including phenoxy) is 1. The smallest absolute Gasteiger partial charge is 0.258 e. The summed E-state index contributed by atoms with van der Waals surface area (Å²) in [6.45, 7) is 3.85. The van der Waals surface area contributed by atoms with Crippen LogP contribution in [-0.2, 0) is 0 Å². The highest BCUT2D eigenvalue weighted by Gasteiger charge is 2.13. The lowest BCUT2D eigenvalue weighted by atomic mass is 10.1. The Kier molecular flexibility index (Phi) is 5.35. The predicted octanol–water partition coefficient (Wildman–Crippen LogP) is 4.12. The van der Waals surface area contributed by atoms with Crippen LogP contribution in [0.25, 0.3) is 0 Å². The summed E-state index contributed by atoms with van der Waals surface area (Å²) in [5.74, 6) is 1.21. The van der Waals surface area contributed by atoms with Crippen LogP contribution in [0.15, 0.2) is 54.6 Å². The maximum absolute atomic E-state index is 12.7.